The van der Waals surface area contributed by atoms with Crippen molar-refractivity contribution >= 4 is 17.8 Å². The van der Waals surface area contributed by atoms with Crippen LogP contribution in [0.25, 0.3) is 0 Å². The first-order valence-corrected chi connectivity index (χ1v) is 7.71. The molecule has 0 spiro atoms. The highest BCUT2D eigenvalue weighted by molar-refractivity contribution is 5.89. The van der Waals surface area contributed by atoms with E-state index >= 15 is 0 Å². The number of furan rings is 1. The van der Waals surface area contributed by atoms with Gasteiger partial charge in [0.05, 0.1) is 25.1 Å². The second kappa shape index (κ2) is 7.30. The zero-order chi connectivity index (χ0) is 17.0. The van der Waals surface area contributed by atoms with Gasteiger partial charge in [0.2, 0.25) is 11.8 Å². The van der Waals surface area contributed by atoms with Gasteiger partial charge in [-0.1, -0.05) is 0 Å². The Morgan fingerprint density at radius 2 is 2.22 bits per heavy atom. The molecular weight excluding hydrogens is 300 g/mol. The van der Waals surface area contributed by atoms with Crippen molar-refractivity contribution in [1.82, 2.24) is 9.80 Å². The van der Waals surface area contributed by atoms with Crippen molar-refractivity contribution in [2.45, 2.75) is 39.3 Å². The van der Waals surface area contributed by atoms with Crippen molar-refractivity contribution in [2.24, 2.45) is 5.92 Å². The van der Waals surface area contributed by atoms with E-state index < -0.39 is 11.9 Å². The lowest BCUT2D eigenvalue weighted by molar-refractivity contribution is -0.141. The molecule has 0 aliphatic carbocycles. The van der Waals surface area contributed by atoms with Crippen LogP contribution in [0.4, 0.5) is 0 Å². The molecule has 1 aromatic heterocycles. The fourth-order valence-electron chi connectivity index (χ4n) is 2.75. The molecule has 1 N–H and O–H groups in total. The van der Waals surface area contributed by atoms with Crippen LogP contribution in [0.1, 0.15) is 32.4 Å². The molecule has 1 aliphatic rings. The van der Waals surface area contributed by atoms with E-state index in [-0.39, 0.29) is 37.2 Å². The third-order valence-electron chi connectivity index (χ3n) is 3.96. The quantitative estimate of drug-likeness (QED) is 0.818. The normalized spacial score (nSPS) is 17.8. The highest BCUT2D eigenvalue weighted by atomic mass is 16.4. The van der Waals surface area contributed by atoms with Crippen molar-refractivity contribution in [1.29, 1.82) is 0 Å². The van der Waals surface area contributed by atoms with Gasteiger partial charge in [0.25, 0.3) is 0 Å². The molecular formula is C16H22N2O5. The third kappa shape index (κ3) is 4.34. The molecule has 23 heavy (non-hydrogen) atoms. The van der Waals surface area contributed by atoms with Gasteiger partial charge < -0.3 is 19.3 Å². The van der Waals surface area contributed by atoms with E-state index in [4.69, 9.17) is 9.52 Å². The lowest BCUT2D eigenvalue weighted by Gasteiger charge is -2.28. The van der Waals surface area contributed by atoms with Crippen molar-refractivity contribution in [3.8, 4) is 0 Å². The molecule has 2 heterocycles. The Balaban J connectivity index is 1.98. The monoisotopic (exact) mass is 322 g/mol. The fourth-order valence-corrected chi connectivity index (χ4v) is 2.75. The minimum absolute atomic E-state index is 0.0818. The van der Waals surface area contributed by atoms with Crippen LogP contribution in [0.15, 0.2) is 22.8 Å². The first-order valence-electron chi connectivity index (χ1n) is 7.71. The van der Waals surface area contributed by atoms with Crippen LogP contribution in [0.2, 0.25) is 0 Å². The summed E-state index contributed by atoms with van der Waals surface area (Å²) in [6.07, 6.45) is 1.61. The first kappa shape index (κ1) is 17.1. The topological polar surface area (TPSA) is 91.1 Å². The van der Waals surface area contributed by atoms with E-state index in [0.29, 0.717) is 18.8 Å². The summed E-state index contributed by atoms with van der Waals surface area (Å²) >= 11 is 0. The minimum Gasteiger partial charge on any atom is -0.481 e. The first-order chi connectivity index (χ1) is 10.9. The van der Waals surface area contributed by atoms with Gasteiger partial charge in [-0.05, 0) is 26.0 Å². The lowest BCUT2D eigenvalue weighted by Crippen LogP contribution is -2.42. The maximum absolute atomic E-state index is 12.6. The minimum atomic E-state index is -0.939. The van der Waals surface area contributed by atoms with Crippen molar-refractivity contribution in [2.75, 3.05) is 13.1 Å². The Labute approximate surface area is 134 Å². The van der Waals surface area contributed by atoms with Crippen LogP contribution in [0.5, 0.6) is 0 Å². The number of hydrogen-bond donors (Lipinski definition) is 1. The van der Waals surface area contributed by atoms with E-state index in [0.717, 1.165) is 0 Å². The molecule has 1 aromatic rings. The summed E-state index contributed by atoms with van der Waals surface area (Å²) in [4.78, 5) is 38.6. The Hall–Kier alpha value is -2.31. The molecule has 7 nitrogen and oxygen atoms in total. The number of rotatable bonds is 7. The summed E-state index contributed by atoms with van der Waals surface area (Å²) in [6, 6.07) is 3.44. The molecule has 0 radical (unpaired) electrons. The van der Waals surface area contributed by atoms with Crippen LogP contribution in [-0.2, 0) is 20.9 Å². The largest absolute Gasteiger partial charge is 0.481 e. The van der Waals surface area contributed by atoms with Crippen LogP contribution in [0.3, 0.4) is 0 Å². The molecule has 1 unspecified atom stereocenters. The molecule has 1 aliphatic heterocycles. The standard InChI is InChI=1S/C16H22N2O5/c1-11(2)18(6-5-15(20)21)16(22)12-8-14(19)17(9-12)10-13-4-3-7-23-13/h3-4,7,11-12H,5-6,8-10H2,1-2H3,(H,20,21). The highest BCUT2D eigenvalue weighted by Crippen LogP contribution is 2.23. The number of carboxylic acids is 1. The fraction of sp³-hybridized carbons (Fsp3) is 0.562. The predicted molar refractivity (Wildman–Crippen MR) is 81.3 cm³/mol. The Morgan fingerprint density at radius 3 is 2.78 bits per heavy atom. The molecule has 2 amide bonds. The number of nitrogens with zero attached hydrogens (tertiary/aromatic N) is 2. The van der Waals surface area contributed by atoms with Gasteiger partial charge in [-0.25, -0.2) is 0 Å². The number of carbonyl (C=O) groups excluding carboxylic acids is 2. The highest BCUT2D eigenvalue weighted by Gasteiger charge is 2.37. The predicted octanol–water partition coefficient (Wildman–Crippen LogP) is 1.34. The van der Waals surface area contributed by atoms with Gasteiger partial charge in [-0.15, -0.1) is 0 Å². The van der Waals surface area contributed by atoms with Gasteiger partial charge >= 0.3 is 5.97 Å². The van der Waals surface area contributed by atoms with Crippen molar-refractivity contribution in [3.05, 3.63) is 24.2 Å². The Bertz CT molecular complexity index is 567. The zero-order valence-electron chi connectivity index (χ0n) is 13.4. The van der Waals surface area contributed by atoms with Crippen LogP contribution >= 0.6 is 0 Å². The summed E-state index contributed by atoms with van der Waals surface area (Å²) in [5.74, 6) is -0.921. The van der Waals surface area contributed by atoms with E-state index in [1.807, 2.05) is 13.8 Å². The van der Waals surface area contributed by atoms with E-state index in [9.17, 15) is 14.4 Å². The lowest BCUT2D eigenvalue weighted by atomic mass is 10.1. The van der Waals surface area contributed by atoms with Gasteiger partial charge in [-0.3, -0.25) is 14.4 Å². The van der Waals surface area contributed by atoms with Crippen LogP contribution in [0, 0.1) is 5.92 Å². The third-order valence-corrected chi connectivity index (χ3v) is 3.96. The second-order valence-corrected chi connectivity index (χ2v) is 6.02. The second-order valence-electron chi connectivity index (χ2n) is 6.02. The summed E-state index contributed by atoms with van der Waals surface area (Å²) in [6.45, 7) is 4.55. The SMILES string of the molecule is CC(C)N(CCC(=O)O)C(=O)C1CC(=O)N(Cc2ccco2)C1. The molecule has 0 bridgehead atoms. The molecule has 0 aromatic carbocycles. The Kier molecular flexibility index (Phi) is 5.41. The van der Waals surface area contributed by atoms with Crippen LogP contribution < -0.4 is 0 Å². The molecule has 0 saturated carbocycles. The summed E-state index contributed by atoms with van der Waals surface area (Å²) in [5.41, 5.74) is 0. The number of likely N-dealkylation sites (tertiary alicyclic amines) is 1. The van der Waals surface area contributed by atoms with Crippen LogP contribution in [-0.4, -0.2) is 51.8 Å². The average Bonchev–Trinajstić information content (AvgIpc) is 3.09. The van der Waals surface area contributed by atoms with E-state index in [1.54, 1.807) is 28.2 Å². The smallest absolute Gasteiger partial charge is 0.305 e. The zero-order valence-corrected chi connectivity index (χ0v) is 13.4. The number of carboxylic acid groups (broad SMARTS) is 1. The molecule has 1 fully saturated rings. The summed E-state index contributed by atoms with van der Waals surface area (Å²) in [7, 11) is 0. The van der Waals surface area contributed by atoms with E-state index in [1.165, 1.54) is 0 Å². The molecule has 126 valence electrons. The van der Waals surface area contributed by atoms with E-state index in [2.05, 4.69) is 0 Å². The summed E-state index contributed by atoms with van der Waals surface area (Å²) in [5, 5.41) is 8.81. The average molecular weight is 322 g/mol. The summed E-state index contributed by atoms with van der Waals surface area (Å²) < 4.78 is 5.24. The maximum atomic E-state index is 12.6. The molecule has 1 saturated heterocycles. The molecule has 2 rings (SSSR count). The van der Waals surface area contributed by atoms with Gasteiger partial charge in [-0.2, -0.15) is 0 Å². The number of carbonyl (C=O) groups is 3. The maximum Gasteiger partial charge on any atom is 0.305 e. The molecule has 1 atom stereocenters. The van der Waals surface area contributed by atoms with Crippen molar-refractivity contribution < 1.29 is 23.9 Å². The molecule has 7 heteroatoms. The van der Waals surface area contributed by atoms with Crippen molar-refractivity contribution in [3.63, 3.8) is 0 Å². The van der Waals surface area contributed by atoms with Gasteiger partial charge in [0.1, 0.15) is 5.76 Å². The number of amides is 2. The Morgan fingerprint density at radius 1 is 1.48 bits per heavy atom. The number of aliphatic carboxylic acids is 1. The van der Waals surface area contributed by atoms with Gasteiger partial charge in [0.15, 0.2) is 0 Å². The number of hydrogen-bond acceptors (Lipinski definition) is 4. The van der Waals surface area contributed by atoms with Gasteiger partial charge in [0, 0.05) is 25.6 Å².